The predicted octanol–water partition coefficient (Wildman–Crippen LogP) is 3.62. The van der Waals surface area contributed by atoms with Crippen molar-refractivity contribution in [3.8, 4) is 11.5 Å². The molecule has 0 amide bonds. The summed E-state index contributed by atoms with van der Waals surface area (Å²) in [5, 5.41) is 9.24. The third-order valence-electron chi connectivity index (χ3n) is 3.67. The van der Waals surface area contributed by atoms with Crippen molar-refractivity contribution in [1.82, 2.24) is 0 Å². The van der Waals surface area contributed by atoms with Gasteiger partial charge in [-0.2, -0.15) is 0 Å². The molecule has 0 heterocycles. The first-order chi connectivity index (χ1) is 12.0. The number of aryl methyl sites for hydroxylation is 1. The van der Waals surface area contributed by atoms with Gasteiger partial charge in [-0.05, 0) is 56.2 Å². The van der Waals surface area contributed by atoms with E-state index in [0.29, 0.717) is 19.0 Å². The summed E-state index contributed by atoms with van der Waals surface area (Å²) < 4.78 is 16.5. The predicted molar refractivity (Wildman–Crippen MR) is 94.6 cm³/mol. The van der Waals surface area contributed by atoms with E-state index in [1.54, 1.807) is 26.0 Å². The van der Waals surface area contributed by atoms with E-state index < -0.39 is 12.1 Å². The van der Waals surface area contributed by atoms with Gasteiger partial charge in [-0.1, -0.05) is 24.3 Å². The number of phenolic OH excluding ortho intramolecular Hbond substituents is 1. The Bertz CT molecular complexity index is 681. The Morgan fingerprint density at radius 2 is 1.76 bits per heavy atom. The zero-order chi connectivity index (χ0) is 18.2. The lowest BCUT2D eigenvalue weighted by Gasteiger charge is -2.18. The van der Waals surface area contributed by atoms with Crippen LogP contribution in [-0.4, -0.2) is 29.9 Å². The van der Waals surface area contributed by atoms with Crippen molar-refractivity contribution in [2.75, 3.05) is 6.61 Å². The minimum absolute atomic E-state index is 0.141. The van der Waals surface area contributed by atoms with Gasteiger partial charge < -0.3 is 19.3 Å². The van der Waals surface area contributed by atoms with Crippen molar-refractivity contribution < 1.29 is 24.1 Å². The van der Waals surface area contributed by atoms with Crippen LogP contribution in [0.3, 0.4) is 0 Å². The molecule has 2 aromatic rings. The van der Waals surface area contributed by atoms with Gasteiger partial charge in [0.25, 0.3) is 0 Å². The van der Waals surface area contributed by atoms with Gasteiger partial charge >= 0.3 is 5.97 Å². The summed E-state index contributed by atoms with van der Waals surface area (Å²) in [5.41, 5.74) is 2.29. The van der Waals surface area contributed by atoms with Crippen molar-refractivity contribution in [2.24, 2.45) is 0 Å². The highest BCUT2D eigenvalue weighted by molar-refractivity contribution is 5.74. The van der Waals surface area contributed by atoms with Crippen LogP contribution in [-0.2, 0) is 20.9 Å². The minimum Gasteiger partial charge on any atom is -0.508 e. The molecule has 0 fully saturated rings. The van der Waals surface area contributed by atoms with Crippen molar-refractivity contribution >= 4 is 5.97 Å². The molecule has 0 bridgehead atoms. The highest BCUT2D eigenvalue weighted by Gasteiger charge is 2.19. The van der Waals surface area contributed by atoms with E-state index in [9.17, 15) is 9.90 Å². The fourth-order valence-electron chi connectivity index (χ4n) is 2.21. The van der Waals surface area contributed by atoms with Crippen LogP contribution in [0.1, 0.15) is 25.0 Å². The van der Waals surface area contributed by atoms with Gasteiger partial charge in [0.15, 0.2) is 6.10 Å². The quantitative estimate of drug-likeness (QED) is 0.741. The number of benzene rings is 2. The van der Waals surface area contributed by atoms with Crippen LogP contribution in [0.25, 0.3) is 0 Å². The van der Waals surface area contributed by atoms with Crippen LogP contribution < -0.4 is 4.74 Å². The molecule has 5 nitrogen and oxygen atoms in total. The van der Waals surface area contributed by atoms with Crippen LogP contribution >= 0.6 is 0 Å². The van der Waals surface area contributed by atoms with Crippen LogP contribution in [0.2, 0.25) is 0 Å². The van der Waals surface area contributed by atoms with E-state index in [2.05, 4.69) is 0 Å². The highest BCUT2D eigenvalue weighted by Crippen LogP contribution is 2.17. The maximum absolute atomic E-state index is 12.1. The van der Waals surface area contributed by atoms with Gasteiger partial charge in [0.1, 0.15) is 17.6 Å². The normalized spacial score (nSPS) is 13.1. The summed E-state index contributed by atoms with van der Waals surface area (Å²) in [4.78, 5) is 12.1. The standard InChI is InChI=1S/C20H24O5/c1-14-6-4-5-7-17(14)13-23-12-15(2)24-20(22)16(3)25-19-10-8-18(21)9-11-19/h4-11,15-16,21H,12-13H2,1-3H3. The zero-order valence-electron chi connectivity index (χ0n) is 14.8. The Kier molecular flexibility index (Phi) is 6.83. The molecule has 0 saturated carbocycles. The van der Waals surface area contributed by atoms with E-state index in [4.69, 9.17) is 14.2 Å². The van der Waals surface area contributed by atoms with Gasteiger partial charge in [0, 0.05) is 0 Å². The number of hydrogen-bond donors (Lipinski definition) is 1. The number of rotatable bonds is 8. The molecule has 0 aromatic heterocycles. The van der Waals surface area contributed by atoms with Crippen LogP contribution in [0.15, 0.2) is 48.5 Å². The molecule has 2 atom stereocenters. The number of carbonyl (C=O) groups excluding carboxylic acids is 1. The van der Waals surface area contributed by atoms with E-state index >= 15 is 0 Å². The topological polar surface area (TPSA) is 65.0 Å². The zero-order valence-corrected chi connectivity index (χ0v) is 14.8. The second-order valence-electron chi connectivity index (χ2n) is 5.94. The van der Waals surface area contributed by atoms with Gasteiger partial charge in [0.2, 0.25) is 0 Å². The average molecular weight is 344 g/mol. The second kappa shape index (κ2) is 9.08. The highest BCUT2D eigenvalue weighted by atomic mass is 16.6. The fourth-order valence-corrected chi connectivity index (χ4v) is 2.21. The second-order valence-corrected chi connectivity index (χ2v) is 5.94. The molecule has 1 N–H and O–H groups in total. The third-order valence-corrected chi connectivity index (χ3v) is 3.67. The van der Waals surface area contributed by atoms with E-state index in [1.807, 2.05) is 31.2 Å². The summed E-state index contributed by atoms with van der Waals surface area (Å²) in [6.07, 6.45) is -1.12. The van der Waals surface area contributed by atoms with Crippen molar-refractivity contribution in [2.45, 2.75) is 39.6 Å². The van der Waals surface area contributed by atoms with Gasteiger partial charge in [-0.3, -0.25) is 0 Å². The van der Waals surface area contributed by atoms with Crippen LogP contribution in [0.4, 0.5) is 0 Å². The fraction of sp³-hybridized carbons (Fsp3) is 0.350. The maximum Gasteiger partial charge on any atom is 0.347 e. The molecule has 2 aromatic carbocycles. The minimum atomic E-state index is -0.747. The Morgan fingerprint density at radius 3 is 2.44 bits per heavy atom. The molecule has 2 rings (SSSR count). The third kappa shape index (κ3) is 6.12. The molecular formula is C20H24O5. The lowest BCUT2D eigenvalue weighted by Crippen LogP contribution is -2.31. The molecule has 0 aliphatic heterocycles. The first-order valence-corrected chi connectivity index (χ1v) is 8.24. The number of carbonyl (C=O) groups is 1. The summed E-state index contributed by atoms with van der Waals surface area (Å²) in [7, 11) is 0. The number of phenols is 1. The van der Waals surface area contributed by atoms with Gasteiger partial charge in [-0.25, -0.2) is 4.79 Å². The Hall–Kier alpha value is -2.53. The number of ether oxygens (including phenoxy) is 3. The molecule has 25 heavy (non-hydrogen) atoms. The van der Waals surface area contributed by atoms with E-state index in [1.165, 1.54) is 17.7 Å². The monoisotopic (exact) mass is 344 g/mol. The number of aromatic hydroxyl groups is 1. The maximum atomic E-state index is 12.1. The van der Waals surface area contributed by atoms with Crippen LogP contribution in [0.5, 0.6) is 11.5 Å². The number of esters is 1. The summed E-state index contributed by atoms with van der Waals surface area (Å²) in [5.74, 6) is 0.174. The molecule has 134 valence electrons. The molecular weight excluding hydrogens is 320 g/mol. The largest absolute Gasteiger partial charge is 0.508 e. The summed E-state index contributed by atoms with van der Waals surface area (Å²) >= 11 is 0. The molecule has 2 unspecified atom stereocenters. The Balaban J connectivity index is 1.73. The Labute approximate surface area is 148 Å². The molecule has 0 aliphatic carbocycles. The van der Waals surface area contributed by atoms with Crippen molar-refractivity contribution in [3.05, 3.63) is 59.7 Å². The molecule has 0 radical (unpaired) electrons. The number of hydrogen-bond acceptors (Lipinski definition) is 5. The lowest BCUT2D eigenvalue weighted by atomic mass is 10.1. The average Bonchev–Trinajstić information content (AvgIpc) is 2.58. The molecule has 0 spiro atoms. The summed E-state index contributed by atoms with van der Waals surface area (Å²) in [6, 6.07) is 14.2. The Morgan fingerprint density at radius 1 is 1.08 bits per heavy atom. The first-order valence-electron chi connectivity index (χ1n) is 8.24. The van der Waals surface area contributed by atoms with Gasteiger partial charge in [0.05, 0.1) is 13.2 Å². The van der Waals surface area contributed by atoms with Gasteiger partial charge in [-0.15, -0.1) is 0 Å². The van der Waals surface area contributed by atoms with Crippen LogP contribution in [0, 0.1) is 6.92 Å². The molecule has 0 aliphatic rings. The smallest absolute Gasteiger partial charge is 0.347 e. The summed E-state index contributed by atoms with van der Waals surface area (Å²) in [6.45, 7) is 6.23. The van der Waals surface area contributed by atoms with E-state index in [-0.39, 0.29) is 11.9 Å². The molecule has 0 saturated heterocycles. The van der Waals surface area contributed by atoms with Crippen molar-refractivity contribution in [3.63, 3.8) is 0 Å². The SMILES string of the molecule is Cc1ccccc1COCC(C)OC(=O)C(C)Oc1ccc(O)cc1. The van der Waals surface area contributed by atoms with E-state index in [0.717, 1.165) is 5.56 Å². The first kappa shape index (κ1) is 18.8. The van der Waals surface area contributed by atoms with Crippen molar-refractivity contribution in [1.29, 1.82) is 0 Å². The molecule has 5 heteroatoms. The lowest BCUT2D eigenvalue weighted by molar-refractivity contribution is -0.158.